The van der Waals surface area contributed by atoms with E-state index in [4.69, 9.17) is 5.11 Å². The van der Waals surface area contributed by atoms with E-state index in [2.05, 4.69) is 10.1 Å². The number of hydrogen-bond donors (Lipinski definition) is 2. The number of alkyl halides is 4. The van der Waals surface area contributed by atoms with E-state index in [1.54, 1.807) is 17.2 Å². The van der Waals surface area contributed by atoms with E-state index in [0.29, 0.717) is 5.56 Å². The minimum absolute atomic E-state index is 0.234. The summed E-state index contributed by atoms with van der Waals surface area (Å²) in [6.45, 7) is 0. The summed E-state index contributed by atoms with van der Waals surface area (Å²) in [5.41, 5.74) is 0.326. The molecule has 0 saturated carbocycles. The first-order valence-electron chi connectivity index (χ1n) is 5.34. The summed E-state index contributed by atoms with van der Waals surface area (Å²) in [6, 6.07) is 6.33. The van der Waals surface area contributed by atoms with Crippen LogP contribution in [0.1, 0.15) is 5.82 Å². The standard InChI is InChI=1S/C11H6F4IN3O2/c12-10(13,11(14,15)9(20)21)8-17-7(18-19-8)5-1-3-6(16)4-2-5/h1-4H,(H,20,21)(H,17,18,19). The first-order chi connectivity index (χ1) is 9.66. The third kappa shape index (κ3) is 2.71. The van der Waals surface area contributed by atoms with Crippen molar-refractivity contribution in [1.82, 2.24) is 15.2 Å². The van der Waals surface area contributed by atoms with Crippen molar-refractivity contribution >= 4 is 28.6 Å². The van der Waals surface area contributed by atoms with Crippen LogP contribution in [-0.4, -0.2) is 32.2 Å². The van der Waals surface area contributed by atoms with Crippen molar-refractivity contribution in [1.29, 1.82) is 0 Å². The van der Waals surface area contributed by atoms with Gasteiger partial charge in [-0.3, -0.25) is 5.10 Å². The number of aromatic amines is 1. The first-order valence-corrected chi connectivity index (χ1v) is 6.42. The number of H-pyrrole nitrogens is 1. The summed E-state index contributed by atoms with van der Waals surface area (Å²) < 4.78 is 54.0. The van der Waals surface area contributed by atoms with E-state index in [1.807, 2.05) is 22.6 Å². The van der Waals surface area contributed by atoms with Gasteiger partial charge in [0.2, 0.25) is 5.82 Å². The van der Waals surface area contributed by atoms with E-state index in [1.165, 1.54) is 12.1 Å². The van der Waals surface area contributed by atoms with Crippen LogP contribution in [0.4, 0.5) is 17.6 Å². The Morgan fingerprint density at radius 3 is 2.29 bits per heavy atom. The fourth-order valence-electron chi connectivity index (χ4n) is 1.41. The molecule has 0 aliphatic rings. The molecule has 0 radical (unpaired) electrons. The average Bonchev–Trinajstić information content (AvgIpc) is 2.89. The molecule has 1 heterocycles. The van der Waals surface area contributed by atoms with Crippen molar-refractivity contribution in [3.05, 3.63) is 33.7 Å². The molecule has 0 atom stereocenters. The topological polar surface area (TPSA) is 78.9 Å². The molecule has 1 aromatic carbocycles. The second-order valence-corrected chi connectivity index (χ2v) is 5.21. The predicted molar refractivity (Wildman–Crippen MR) is 71.0 cm³/mol. The highest BCUT2D eigenvalue weighted by Gasteiger charge is 2.65. The Bertz CT molecular complexity index is 672. The summed E-state index contributed by atoms with van der Waals surface area (Å²) in [7, 11) is 0. The van der Waals surface area contributed by atoms with Crippen LogP contribution in [0.15, 0.2) is 24.3 Å². The van der Waals surface area contributed by atoms with E-state index in [-0.39, 0.29) is 5.82 Å². The van der Waals surface area contributed by atoms with E-state index in [0.717, 1.165) is 3.57 Å². The Morgan fingerprint density at radius 1 is 1.19 bits per heavy atom. The third-order valence-electron chi connectivity index (χ3n) is 2.55. The molecule has 0 fully saturated rings. The Hall–Kier alpha value is -1.72. The molecule has 0 bridgehead atoms. The van der Waals surface area contributed by atoms with Crippen LogP contribution in [0.3, 0.4) is 0 Å². The van der Waals surface area contributed by atoms with Crippen LogP contribution in [0, 0.1) is 3.57 Å². The molecule has 21 heavy (non-hydrogen) atoms. The van der Waals surface area contributed by atoms with Crippen LogP contribution in [0.2, 0.25) is 0 Å². The molecule has 0 unspecified atom stereocenters. The number of nitrogens with zero attached hydrogens (tertiary/aromatic N) is 2. The van der Waals surface area contributed by atoms with Crippen LogP contribution in [0.25, 0.3) is 11.4 Å². The number of nitrogens with one attached hydrogen (secondary N) is 1. The molecule has 112 valence electrons. The van der Waals surface area contributed by atoms with Crippen molar-refractivity contribution in [2.75, 3.05) is 0 Å². The molecule has 0 saturated heterocycles. The summed E-state index contributed by atoms with van der Waals surface area (Å²) in [6.07, 6.45) is 0. The maximum atomic E-state index is 13.5. The maximum absolute atomic E-state index is 13.5. The van der Waals surface area contributed by atoms with Gasteiger partial charge in [-0.2, -0.15) is 22.7 Å². The molecule has 0 amide bonds. The molecule has 0 aliphatic heterocycles. The highest BCUT2D eigenvalue weighted by Crippen LogP contribution is 2.41. The molecule has 2 rings (SSSR count). The Labute approximate surface area is 128 Å². The fourth-order valence-corrected chi connectivity index (χ4v) is 1.77. The quantitative estimate of drug-likeness (QED) is 0.595. The minimum Gasteiger partial charge on any atom is -0.477 e. The molecular formula is C11H6F4IN3O2. The highest BCUT2D eigenvalue weighted by molar-refractivity contribution is 14.1. The van der Waals surface area contributed by atoms with Gasteiger partial charge in [0.15, 0.2) is 5.82 Å². The molecule has 5 nitrogen and oxygen atoms in total. The third-order valence-corrected chi connectivity index (χ3v) is 3.27. The van der Waals surface area contributed by atoms with Gasteiger partial charge in [0.05, 0.1) is 0 Å². The van der Waals surface area contributed by atoms with Gasteiger partial charge in [-0.25, -0.2) is 9.78 Å². The van der Waals surface area contributed by atoms with Crippen molar-refractivity contribution in [3.63, 3.8) is 0 Å². The summed E-state index contributed by atoms with van der Waals surface area (Å²) in [4.78, 5) is 13.5. The number of rotatable bonds is 4. The molecule has 10 heteroatoms. The lowest BCUT2D eigenvalue weighted by Crippen LogP contribution is -2.45. The average molecular weight is 415 g/mol. The van der Waals surface area contributed by atoms with E-state index in [9.17, 15) is 22.4 Å². The summed E-state index contributed by atoms with van der Waals surface area (Å²) in [5.74, 6) is -15.0. The molecule has 1 aromatic heterocycles. The molecule has 2 N–H and O–H groups in total. The van der Waals surface area contributed by atoms with Gasteiger partial charge < -0.3 is 5.11 Å². The number of benzene rings is 1. The van der Waals surface area contributed by atoms with Gasteiger partial charge in [0.1, 0.15) is 0 Å². The zero-order chi connectivity index (χ0) is 15.8. The SMILES string of the molecule is O=C(O)C(F)(F)C(F)(F)c1nc(-c2ccc(I)cc2)n[nH]1. The lowest BCUT2D eigenvalue weighted by Gasteiger charge is -2.20. The molecule has 2 aromatic rings. The van der Waals surface area contributed by atoms with Crippen LogP contribution >= 0.6 is 22.6 Å². The smallest absolute Gasteiger partial charge is 0.411 e. The molecule has 0 spiro atoms. The van der Waals surface area contributed by atoms with Crippen molar-refractivity contribution < 1.29 is 27.5 Å². The lowest BCUT2D eigenvalue weighted by molar-refractivity contribution is -0.231. The second-order valence-electron chi connectivity index (χ2n) is 3.97. The summed E-state index contributed by atoms with van der Waals surface area (Å²) in [5, 5.41) is 13.3. The largest absolute Gasteiger partial charge is 0.477 e. The van der Waals surface area contributed by atoms with Crippen molar-refractivity contribution in [3.8, 4) is 11.4 Å². The predicted octanol–water partition coefficient (Wildman–Crippen LogP) is 2.89. The number of carbonyl (C=O) groups is 1. The highest BCUT2D eigenvalue weighted by atomic mass is 127. The number of aliphatic carboxylic acids is 1. The monoisotopic (exact) mass is 415 g/mol. The molecule has 0 aliphatic carbocycles. The Morgan fingerprint density at radius 2 is 1.76 bits per heavy atom. The van der Waals surface area contributed by atoms with Crippen LogP contribution < -0.4 is 0 Å². The maximum Gasteiger partial charge on any atom is 0.411 e. The van der Waals surface area contributed by atoms with Crippen LogP contribution in [-0.2, 0) is 10.7 Å². The zero-order valence-electron chi connectivity index (χ0n) is 9.95. The number of carboxylic acid groups (broad SMARTS) is 1. The van der Waals surface area contributed by atoms with Gasteiger partial charge in [-0.05, 0) is 34.7 Å². The van der Waals surface area contributed by atoms with Crippen LogP contribution in [0.5, 0.6) is 0 Å². The van der Waals surface area contributed by atoms with E-state index < -0.39 is 23.6 Å². The first kappa shape index (κ1) is 15.7. The van der Waals surface area contributed by atoms with Crippen molar-refractivity contribution in [2.45, 2.75) is 11.8 Å². The second kappa shape index (κ2) is 5.24. The Kier molecular flexibility index (Phi) is 3.91. The fraction of sp³-hybridized carbons (Fsp3) is 0.182. The van der Waals surface area contributed by atoms with Gasteiger partial charge in [0, 0.05) is 9.13 Å². The normalized spacial score (nSPS) is 12.4. The van der Waals surface area contributed by atoms with E-state index >= 15 is 0 Å². The zero-order valence-corrected chi connectivity index (χ0v) is 12.1. The summed E-state index contributed by atoms with van der Waals surface area (Å²) >= 11 is 2.02. The number of hydrogen-bond acceptors (Lipinski definition) is 3. The van der Waals surface area contributed by atoms with Gasteiger partial charge >= 0.3 is 17.8 Å². The number of aromatic nitrogens is 3. The van der Waals surface area contributed by atoms with Crippen molar-refractivity contribution in [2.24, 2.45) is 0 Å². The van der Waals surface area contributed by atoms with Gasteiger partial charge in [0.25, 0.3) is 0 Å². The Balaban J connectivity index is 2.40. The minimum atomic E-state index is -5.30. The van der Waals surface area contributed by atoms with Gasteiger partial charge in [-0.1, -0.05) is 12.1 Å². The number of halogens is 5. The van der Waals surface area contributed by atoms with Gasteiger partial charge in [-0.15, -0.1) is 0 Å². The number of carboxylic acids is 1. The lowest BCUT2D eigenvalue weighted by atomic mass is 10.1. The molecular weight excluding hydrogens is 409 g/mol.